The maximum Gasteiger partial charge on any atom is 0.349 e. The van der Waals surface area contributed by atoms with Gasteiger partial charge in [-0.05, 0) is 54.7 Å². The lowest BCUT2D eigenvalue weighted by molar-refractivity contribution is 0.0285. The number of carbonyl (C=O) groups is 1. The van der Waals surface area contributed by atoms with Gasteiger partial charge in [0.1, 0.15) is 4.88 Å². The highest BCUT2D eigenvalue weighted by Crippen LogP contribution is 2.40. The Hall–Kier alpha value is -3.25. The Labute approximate surface area is 172 Å². The molecule has 0 fully saturated rings. The number of hydrogen-bond donors (Lipinski definition) is 0. The normalized spacial score (nSPS) is 13.4. The van der Waals surface area contributed by atoms with Gasteiger partial charge in [0, 0.05) is 10.4 Å². The number of fused-ring (bicyclic) bond motifs is 3. The number of ether oxygens (including phenoxy) is 1. The molecular formula is C23H18N2O3S. The first-order chi connectivity index (χ1) is 14.2. The fourth-order valence-corrected chi connectivity index (χ4v) is 4.69. The number of rotatable bonds is 4. The number of nitrogens with zero attached hydrogens (tertiary/aromatic N) is 2. The highest BCUT2D eigenvalue weighted by molar-refractivity contribution is 7.17. The maximum atomic E-state index is 12.7. The molecule has 2 heterocycles. The van der Waals surface area contributed by atoms with Gasteiger partial charge in [0.05, 0.1) is 0 Å². The summed E-state index contributed by atoms with van der Waals surface area (Å²) in [5.41, 5.74) is 4.58. The van der Waals surface area contributed by atoms with Crippen LogP contribution in [0.3, 0.4) is 0 Å². The second-order valence-corrected chi connectivity index (χ2v) is 8.03. The van der Waals surface area contributed by atoms with Crippen LogP contribution in [-0.2, 0) is 17.6 Å². The lowest BCUT2D eigenvalue weighted by Crippen LogP contribution is -2.08. The van der Waals surface area contributed by atoms with Crippen molar-refractivity contribution in [3.05, 3.63) is 82.6 Å². The molecule has 2 aromatic heterocycles. The molecule has 1 aliphatic carbocycles. The summed E-state index contributed by atoms with van der Waals surface area (Å²) in [4.78, 5) is 14.5. The van der Waals surface area contributed by atoms with Gasteiger partial charge in [-0.25, -0.2) is 4.79 Å². The summed E-state index contributed by atoms with van der Waals surface area (Å²) in [5.74, 6) is 0.324. The van der Waals surface area contributed by atoms with Crippen molar-refractivity contribution in [1.29, 1.82) is 0 Å². The molecule has 0 spiro atoms. The molecule has 1 atom stereocenters. The Morgan fingerprint density at radius 3 is 2.66 bits per heavy atom. The molecule has 144 valence electrons. The van der Waals surface area contributed by atoms with Crippen LogP contribution in [0.1, 0.15) is 39.7 Å². The zero-order valence-corrected chi connectivity index (χ0v) is 16.6. The minimum absolute atomic E-state index is 0.281. The third-order valence-corrected chi connectivity index (χ3v) is 6.22. The second kappa shape index (κ2) is 7.29. The number of aromatic nitrogens is 2. The first-order valence-electron chi connectivity index (χ1n) is 9.50. The number of aryl methyl sites for hydroxylation is 2. The molecule has 6 heteroatoms. The summed E-state index contributed by atoms with van der Waals surface area (Å²) in [6.07, 6.45) is 1.31. The average Bonchev–Trinajstić information content (AvgIpc) is 3.42. The monoisotopic (exact) mass is 402 g/mol. The number of hydrogen-bond acceptors (Lipinski definition) is 6. The molecular weight excluding hydrogens is 384 g/mol. The third-order valence-electron chi connectivity index (χ3n) is 5.03. The van der Waals surface area contributed by atoms with E-state index in [-0.39, 0.29) is 11.9 Å². The number of benzene rings is 2. The van der Waals surface area contributed by atoms with Gasteiger partial charge in [-0.3, -0.25) is 0 Å². The van der Waals surface area contributed by atoms with E-state index in [4.69, 9.17) is 9.15 Å². The van der Waals surface area contributed by atoms with Crippen molar-refractivity contribution >= 4 is 17.3 Å². The molecule has 0 saturated carbocycles. The van der Waals surface area contributed by atoms with E-state index in [9.17, 15) is 4.79 Å². The lowest BCUT2D eigenvalue weighted by atomic mass is 9.91. The largest absolute Gasteiger partial charge is 0.448 e. The van der Waals surface area contributed by atoms with Crippen LogP contribution in [0, 0.1) is 0 Å². The van der Waals surface area contributed by atoms with Gasteiger partial charge in [0.15, 0.2) is 6.10 Å². The van der Waals surface area contributed by atoms with Crippen LogP contribution in [0.15, 0.2) is 65.1 Å². The van der Waals surface area contributed by atoms with E-state index in [0.717, 1.165) is 23.3 Å². The quantitative estimate of drug-likeness (QED) is 0.423. The Balaban J connectivity index is 1.34. The molecule has 0 amide bonds. The predicted molar refractivity (Wildman–Crippen MR) is 111 cm³/mol. The number of thiophene rings is 1. The first kappa shape index (κ1) is 17.8. The minimum Gasteiger partial charge on any atom is -0.448 e. The van der Waals surface area contributed by atoms with Gasteiger partial charge >= 0.3 is 5.97 Å². The molecule has 5 nitrogen and oxygen atoms in total. The zero-order valence-electron chi connectivity index (χ0n) is 15.8. The maximum absolute atomic E-state index is 12.7. The molecule has 29 heavy (non-hydrogen) atoms. The summed E-state index contributed by atoms with van der Waals surface area (Å²) in [5, 5.41) is 8.10. The number of esters is 1. The van der Waals surface area contributed by atoms with E-state index in [0.29, 0.717) is 10.8 Å². The van der Waals surface area contributed by atoms with Crippen molar-refractivity contribution < 1.29 is 13.9 Å². The van der Waals surface area contributed by atoms with E-state index < -0.39 is 6.10 Å². The van der Waals surface area contributed by atoms with Crippen LogP contribution in [0.4, 0.5) is 0 Å². The molecule has 0 saturated heterocycles. The van der Waals surface area contributed by atoms with Gasteiger partial charge < -0.3 is 9.15 Å². The van der Waals surface area contributed by atoms with E-state index >= 15 is 0 Å². The fourth-order valence-electron chi connectivity index (χ4n) is 3.54. The van der Waals surface area contributed by atoms with Gasteiger partial charge in [-0.1, -0.05) is 42.5 Å². The minimum atomic E-state index is -0.626. The standard InChI is InChI=1S/C23H18N2O3S/c1-14(21-24-25-22(28-21)16-8-3-2-4-9-16)27-23(26)19-13-17-12-11-15-7-5-6-10-18(15)20(17)29-19/h2-10,13-14H,11-12H2,1H3/t14-/m1/s1. The van der Waals surface area contributed by atoms with Crippen LogP contribution in [0.5, 0.6) is 0 Å². The summed E-state index contributed by atoms with van der Waals surface area (Å²) in [6, 6.07) is 19.8. The molecule has 2 aromatic carbocycles. The summed E-state index contributed by atoms with van der Waals surface area (Å²) in [6.45, 7) is 1.74. The van der Waals surface area contributed by atoms with Crippen LogP contribution in [0.25, 0.3) is 21.9 Å². The van der Waals surface area contributed by atoms with Crippen molar-refractivity contribution in [2.24, 2.45) is 0 Å². The van der Waals surface area contributed by atoms with E-state index in [1.54, 1.807) is 6.92 Å². The molecule has 0 unspecified atom stereocenters. The van der Waals surface area contributed by atoms with Crippen molar-refractivity contribution in [2.75, 3.05) is 0 Å². The van der Waals surface area contributed by atoms with Crippen LogP contribution >= 0.6 is 11.3 Å². The lowest BCUT2D eigenvalue weighted by Gasteiger charge is -2.15. The third kappa shape index (κ3) is 3.36. The van der Waals surface area contributed by atoms with E-state index in [1.165, 1.54) is 28.0 Å². The van der Waals surface area contributed by atoms with Crippen LogP contribution in [0.2, 0.25) is 0 Å². The SMILES string of the molecule is C[C@@H](OC(=O)c1cc2c(s1)-c1ccccc1CC2)c1nnc(-c2ccccc2)o1. The molecule has 5 rings (SSSR count). The van der Waals surface area contributed by atoms with Crippen molar-refractivity contribution in [3.63, 3.8) is 0 Å². The van der Waals surface area contributed by atoms with Crippen molar-refractivity contribution in [3.8, 4) is 21.9 Å². The van der Waals surface area contributed by atoms with E-state index in [1.807, 2.05) is 42.5 Å². The number of carbonyl (C=O) groups excluding carboxylic acids is 1. The predicted octanol–water partition coefficient (Wildman–Crippen LogP) is 5.48. The Bertz CT molecular complexity index is 1180. The Morgan fingerprint density at radius 1 is 1.03 bits per heavy atom. The van der Waals surface area contributed by atoms with Gasteiger partial charge in [0.25, 0.3) is 5.89 Å². The molecule has 1 aliphatic rings. The van der Waals surface area contributed by atoms with E-state index in [2.05, 4.69) is 28.4 Å². The Morgan fingerprint density at radius 2 is 1.79 bits per heavy atom. The van der Waals surface area contributed by atoms with Crippen LogP contribution < -0.4 is 0 Å². The van der Waals surface area contributed by atoms with Gasteiger partial charge in [-0.2, -0.15) is 0 Å². The Kier molecular flexibility index (Phi) is 4.48. The topological polar surface area (TPSA) is 65.2 Å². The fraction of sp³-hybridized carbons (Fsp3) is 0.174. The summed E-state index contributed by atoms with van der Waals surface area (Å²) in [7, 11) is 0. The first-order valence-corrected chi connectivity index (χ1v) is 10.3. The van der Waals surface area contributed by atoms with Crippen molar-refractivity contribution in [1.82, 2.24) is 10.2 Å². The zero-order chi connectivity index (χ0) is 19.8. The van der Waals surface area contributed by atoms with Gasteiger partial charge in [0.2, 0.25) is 5.89 Å². The van der Waals surface area contributed by atoms with Gasteiger partial charge in [-0.15, -0.1) is 21.5 Å². The second-order valence-electron chi connectivity index (χ2n) is 6.98. The molecule has 0 aliphatic heterocycles. The molecule has 0 N–H and O–H groups in total. The highest BCUT2D eigenvalue weighted by Gasteiger charge is 2.25. The van der Waals surface area contributed by atoms with Crippen LogP contribution in [-0.4, -0.2) is 16.2 Å². The molecule has 0 radical (unpaired) electrons. The van der Waals surface area contributed by atoms with Crippen molar-refractivity contribution in [2.45, 2.75) is 25.9 Å². The molecule has 0 bridgehead atoms. The highest BCUT2D eigenvalue weighted by atomic mass is 32.1. The average molecular weight is 402 g/mol. The smallest absolute Gasteiger partial charge is 0.349 e. The molecule has 4 aromatic rings. The summed E-state index contributed by atoms with van der Waals surface area (Å²) >= 11 is 1.48. The summed E-state index contributed by atoms with van der Waals surface area (Å²) < 4.78 is 11.3.